The molecule has 0 atom stereocenters. The van der Waals surface area contributed by atoms with Crippen molar-refractivity contribution in [1.82, 2.24) is 19.1 Å². The van der Waals surface area contributed by atoms with E-state index in [1.165, 1.54) is 28.6 Å². The van der Waals surface area contributed by atoms with Crippen LogP contribution in [-0.4, -0.2) is 53.6 Å². The molecule has 0 N–H and O–H groups in total. The van der Waals surface area contributed by atoms with E-state index in [0.717, 1.165) is 5.82 Å². The van der Waals surface area contributed by atoms with Gasteiger partial charge < -0.3 is 9.30 Å². The van der Waals surface area contributed by atoms with Gasteiger partial charge in [0, 0.05) is 26.1 Å². The third-order valence-electron chi connectivity index (χ3n) is 4.40. The van der Waals surface area contributed by atoms with Crippen LogP contribution in [0.4, 0.5) is 8.78 Å². The number of aromatic nitrogens is 3. The highest BCUT2D eigenvalue weighted by atomic mass is 32.2. The number of sulfonamides is 1. The van der Waals surface area contributed by atoms with E-state index in [1.807, 2.05) is 11.6 Å². The molecule has 0 amide bonds. The van der Waals surface area contributed by atoms with E-state index >= 15 is 0 Å². The van der Waals surface area contributed by atoms with Crippen LogP contribution in [0.1, 0.15) is 24.6 Å². The predicted molar refractivity (Wildman–Crippen MR) is 89.7 cm³/mol. The number of piperidine rings is 1. The van der Waals surface area contributed by atoms with Gasteiger partial charge in [0.05, 0.1) is 4.90 Å². The fourth-order valence-electron chi connectivity index (χ4n) is 3.03. The largest absolute Gasteiger partial charge is 0.488 e. The maximum Gasteiger partial charge on any atom is 0.272 e. The normalized spacial score (nSPS) is 16.9. The SMILES string of the molecule is Cn1cnnc1C1CCN(S(=O)(=O)c2ccc(OCC(F)F)cc2)CC1. The molecule has 1 saturated heterocycles. The monoisotopic (exact) mass is 386 g/mol. The molecular weight excluding hydrogens is 366 g/mol. The molecule has 1 aliphatic heterocycles. The van der Waals surface area contributed by atoms with Gasteiger partial charge in [-0.15, -0.1) is 10.2 Å². The number of halogens is 2. The molecule has 2 aromatic rings. The van der Waals surface area contributed by atoms with Crippen LogP contribution in [0.25, 0.3) is 0 Å². The Kier molecular flexibility index (Phi) is 5.52. The van der Waals surface area contributed by atoms with E-state index in [4.69, 9.17) is 4.74 Å². The van der Waals surface area contributed by atoms with Gasteiger partial charge >= 0.3 is 0 Å². The Hall–Kier alpha value is -2.07. The van der Waals surface area contributed by atoms with Gasteiger partial charge in [-0.05, 0) is 37.1 Å². The van der Waals surface area contributed by atoms with Crippen molar-refractivity contribution in [2.75, 3.05) is 19.7 Å². The van der Waals surface area contributed by atoms with Crippen LogP contribution in [0.15, 0.2) is 35.5 Å². The minimum Gasteiger partial charge on any atom is -0.488 e. The summed E-state index contributed by atoms with van der Waals surface area (Å²) in [4.78, 5) is 0.124. The fourth-order valence-corrected chi connectivity index (χ4v) is 4.50. The van der Waals surface area contributed by atoms with Crippen molar-refractivity contribution in [2.45, 2.75) is 30.1 Å². The second-order valence-corrected chi connectivity index (χ2v) is 8.09. The van der Waals surface area contributed by atoms with Crippen molar-refractivity contribution in [3.8, 4) is 5.75 Å². The first-order chi connectivity index (χ1) is 12.4. The molecule has 10 heteroatoms. The molecule has 0 aliphatic carbocycles. The quantitative estimate of drug-likeness (QED) is 0.759. The number of rotatable bonds is 6. The Morgan fingerprint density at radius 3 is 2.42 bits per heavy atom. The van der Waals surface area contributed by atoms with Gasteiger partial charge in [0.2, 0.25) is 10.0 Å². The van der Waals surface area contributed by atoms with Crippen molar-refractivity contribution in [3.05, 3.63) is 36.4 Å². The van der Waals surface area contributed by atoms with Crippen molar-refractivity contribution < 1.29 is 21.9 Å². The van der Waals surface area contributed by atoms with E-state index in [2.05, 4.69) is 10.2 Å². The van der Waals surface area contributed by atoms with E-state index in [-0.39, 0.29) is 16.6 Å². The van der Waals surface area contributed by atoms with Crippen molar-refractivity contribution in [3.63, 3.8) is 0 Å². The molecule has 0 radical (unpaired) electrons. The van der Waals surface area contributed by atoms with Crippen molar-refractivity contribution in [1.29, 1.82) is 0 Å². The van der Waals surface area contributed by atoms with Crippen LogP contribution in [0.5, 0.6) is 5.75 Å². The highest BCUT2D eigenvalue weighted by Crippen LogP contribution is 2.29. The second-order valence-electron chi connectivity index (χ2n) is 6.15. The molecule has 142 valence electrons. The smallest absolute Gasteiger partial charge is 0.272 e. The maximum absolute atomic E-state index is 12.8. The van der Waals surface area contributed by atoms with Crippen LogP contribution in [0.3, 0.4) is 0 Å². The van der Waals surface area contributed by atoms with Crippen LogP contribution < -0.4 is 4.74 Å². The van der Waals surface area contributed by atoms with Crippen LogP contribution >= 0.6 is 0 Å². The molecule has 7 nitrogen and oxygen atoms in total. The molecule has 3 rings (SSSR count). The lowest BCUT2D eigenvalue weighted by atomic mass is 9.97. The van der Waals surface area contributed by atoms with E-state index < -0.39 is 23.1 Å². The number of hydrogen-bond acceptors (Lipinski definition) is 5. The Morgan fingerprint density at radius 1 is 1.23 bits per heavy atom. The first-order valence-electron chi connectivity index (χ1n) is 8.23. The van der Waals surface area contributed by atoms with Gasteiger partial charge in [0.25, 0.3) is 6.43 Å². The lowest BCUT2D eigenvalue weighted by Gasteiger charge is -2.30. The lowest BCUT2D eigenvalue weighted by Crippen LogP contribution is -2.38. The summed E-state index contributed by atoms with van der Waals surface area (Å²) in [7, 11) is -1.75. The van der Waals surface area contributed by atoms with E-state index in [9.17, 15) is 17.2 Å². The number of aryl methyl sites for hydroxylation is 1. The molecule has 0 bridgehead atoms. The van der Waals surface area contributed by atoms with Crippen LogP contribution in [0.2, 0.25) is 0 Å². The zero-order valence-electron chi connectivity index (χ0n) is 14.3. The van der Waals surface area contributed by atoms with Gasteiger partial charge in [-0.1, -0.05) is 0 Å². The molecule has 0 spiro atoms. The topological polar surface area (TPSA) is 77.3 Å². The zero-order chi connectivity index (χ0) is 18.7. The summed E-state index contributed by atoms with van der Waals surface area (Å²) < 4.78 is 58.0. The summed E-state index contributed by atoms with van der Waals surface area (Å²) >= 11 is 0. The lowest BCUT2D eigenvalue weighted by molar-refractivity contribution is 0.0819. The third kappa shape index (κ3) is 4.01. The molecule has 1 aliphatic rings. The number of nitrogens with zero attached hydrogens (tertiary/aromatic N) is 4. The molecule has 1 aromatic heterocycles. The Bertz CT molecular complexity index is 831. The van der Waals surface area contributed by atoms with E-state index in [1.54, 1.807) is 6.33 Å². The second kappa shape index (κ2) is 7.67. The van der Waals surface area contributed by atoms with Gasteiger partial charge in [-0.25, -0.2) is 17.2 Å². The molecule has 1 fully saturated rings. The standard InChI is InChI=1S/C16H20F2N4O3S/c1-21-11-19-20-16(21)12-6-8-22(9-7-12)26(23,24)14-4-2-13(3-5-14)25-10-15(17)18/h2-5,11-12,15H,6-10H2,1H3. The van der Waals surface area contributed by atoms with Crippen LogP contribution in [0, 0.1) is 0 Å². The number of alkyl halides is 2. The van der Waals surface area contributed by atoms with Gasteiger partial charge in [-0.3, -0.25) is 0 Å². The third-order valence-corrected chi connectivity index (χ3v) is 6.32. The van der Waals surface area contributed by atoms with Gasteiger partial charge in [-0.2, -0.15) is 4.31 Å². The summed E-state index contributed by atoms with van der Waals surface area (Å²) in [5.41, 5.74) is 0. The Morgan fingerprint density at radius 2 is 1.88 bits per heavy atom. The molecule has 1 aromatic carbocycles. The average molecular weight is 386 g/mol. The number of benzene rings is 1. The molecular formula is C16H20F2N4O3S. The summed E-state index contributed by atoms with van der Waals surface area (Å²) in [5, 5.41) is 7.97. The van der Waals surface area contributed by atoms with Gasteiger partial charge in [0.1, 0.15) is 24.5 Å². The summed E-state index contributed by atoms with van der Waals surface area (Å²) in [6, 6.07) is 5.54. The van der Waals surface area contributed by atoms with E-state index in [0.29, 0.717) is 25.9 Å². The molecule has 0 saturated carbocycles. The van der Waals surface area contributed by atoms with Gasteiger partial charge in [0.15, 0.2) is 0 Å². The first-order valence-corrected chi connectivity index (χ1v) is 9.67. The summed E-state index contributed by atoms with van der Waals surface area (Å²) in [6.45, 7) is 0.0641. The highest BCUT2D eigenvalue weighted by Gasteiger charge is 2.31. The maximum atomic E-state index is 12.8. The minimum atomic E-state index is -3.63. The Labute approximate surface area is 150 Å². The summed E-state index contributed by atoms with van der Waals surface area (Å²) in [6.07, 6.45) is 0.396. The minimum absolute atomic E-state index is 0.124. The van der Waals surface area contributed by atoms with Crippen molar-refractivity contribution >= 4 is 10.0 Å². The fraction of sp³-hybridized carbons (Fsp3) is 0.500. The van der Waals surface area contributed by atoms with Crippen LogP contribution in [-0.2, 0) is 17.1 Å². The van der Waals surface area contributed by atoms with Crippen molar-refractivity contribution in [2.24, 2.45) is 7.05 Å². The zero-order valence-corrected chi connectivity index (χ0v) is 15.1. The summed E-state index contributed by atoms with van der Waals surface area (Å²) in [5.74, 6) is 1.26. The average Bonchev–Trinajstić information content (AvgIpc) is 3.06. The number of hydrogen-bond donors (Lipinski definition) is 0. The predicted octanol–water partition coefficient (Wildman–Crippen LogP) is 2.03. The highest BCUT2D eigenvalue weighted by molar-refractivity contribution is 7.89. The first kappa shape index (κ1) is 18.7. The molecule has 0 unspecified atom stereocenters. The molecule has 2 heterocycles. The Balaban J connectivity index is 1.64. The number of ether oxygens (including phenoxy) is 1. The molecule has 26 heavy (non-hydrogen) atoms.